The molecule has 0 fully saturated rings. The molecule has 174 valence electrons. The van der Waals surface area contributed by atoms with Crippen LogP contribution >= 0.6 is 0 Å². The van der Waals surface area contributed by atoms with Crippen molar-refractivity contribution in [3.8, 4) is 22.9 Å². The van der Waals surface area contributed by atoms with Gasteiger partial charge in [0.2, 0.25) is 5.91 Å². The minimum atomic E-state index is -0.363. The summed E-state index contributed by atoms with van der Waals surface area (Å²) in [5.74, 6) is 1.36. The third-order valence-electron chi connectivity index (χ3n) is 4.96. The molecule has 0 atom stereocenters. The highest BCUT2D eigenvalue weighted by Crippen LogP contribution is 2.31. The van der Waals surface area contributed by atoms with Crippen molar-refractivity contribution in [1.29, 1.82) is 0 Å². The van der Waals surface area contributed by atoms with E-state index >= 15 is 0 Å². The highest BCUT2D eigenvalue weighted by molar-refractivity contribution is 5.76. The van der Waals surface area contributed by atoms with Gasteiger partial charge in [-0.25, -0.2) is 0 Å². The van der Waals surface area contributed by atoms with Gasteiger partial charge in [-0.05, 0) is 50.5 Å². The van der Waals surface area contributed by atoms with Crippen molar-refractivity contribution in [2.24, 2.45) is 0 Å². The number of rotatable bonds is 11. The zero-order valence-corrected chi connectivity index (χ0v) is 19.3. The van der Waals surface area contributed by atoms with Gasteiger partial charge in [-0.15, -0.1) is 10.2 Å². The van der Waals surface area contributed by atoms with E-state index in [0.717, 1.165) is 12.8 Å². The van der Waals surface area contributed by atoms with E-state index in [4.69, 9.17) is 9.47 Å². The van der Waals surface area contributed by atoms with Crippen LogP contribution in [0.25, 0.3) is 11.4 Å². The topological polar surface area (TPSA) is 106 Å². The number of aromatic nitrogens is 3. The third-order valence-corrected chi connectivity index (χ3v) is 4.96. The van der Waals surface area contributed by atoms with Gasteiger partial charge in [0.15, 0.2) is 17.3 Å². The zero-order valence-electron chi connectivity index (χ0n) is 19.3. The number of carbonyl (C=O) groups excluding carboxylic acids is 1. The Labute approximate surface area is 193 Å². The van der Waals surface area contributed by atoms with E-state index < -0.39 is 0 Å². The summed E-state index contributed by atoms with van der Waals surface area (Å²) in [6, 6.07) is 15.4. The number of aromatic amines is 1. The standard InChI is InChI=1S/C25H30N4O4/c1-17(2)33-21-13-11-19(16-22(21)32-3)24-27-25(31)20(28-29-24)12-14-23(30)26-15-7-10-18-8-5-4-6-9-18/h4-6,8-9,11,13,16-17H,7,10,12,14-15H2,1-3H3,(H,26,30)(H,27,29,31). The van der Waals surface area contributed by atoms with Crippen molar-refractivity contribution >= 4 is 5.91 Å². The van der Waals surface area contributed by atoms with Gasteiger partial charge in [-0.2, -0.15) is 0 Å². The van der Waals surface area contributed by atoms with Gasteiger partial charge >= 0.3 is 0 Å². The predicted molar refractivity (Wildman–Crippen MR) is 126 cm³/mol. The molecule has 0 unspecified atom stereocenters. The van der Waals surface area contributed by atoms with Crippen LogP contribution in [0.15, 0.2) is 53.3 Å². The Hall–Kier alpha value is -3.68. The van der Waals surface area contributed by atoms with E-state index in [0.29, 0.717) is 29.4 Å². The fourth-order valence-corrected chi connectivity index (χ4v) is 3.31. The van der Waals surface area contributed by atoms with Gasteiger partial charge in [-0.3, -0.25) is 9.59 Å². The fraction of sp³-hybridized carbons (Fsp3) is 0.360. The van der Waals surface area contributed by atoms with E-state index in [1.807, 2.05) is 32.0 Å². The number of aryl methyl sites for hydroxylation is 2. The number of nitrogens with one attached hydrogen (secondary N) is 2. The molecular weight excluding hydrogens is 420 g/mol. The Bertz CT molecular complexity index is 1110. The van der Waals surface area contributed by atoms with Crippen molar-refractivity contribution in [1.82, 2.24) is 20.5 Å². The number of ether oxygens (including phenoxy) is 2. The van der Waals surface area contributed by atoms with Gasteiger partial charge in [-0.1, -0.05) is 30.3 Å². The summed E-state index contributed by atoms with van der Waals surface area (Å²) in [7, 11) is 1.55. The van der Waals surface area contributed by atoms with Gasteiger partial charge in [0, 0.05) is 24.9 Å². The van der Waals surface area contributed by atoms with Crippen molar-refractivity contribution in [3.05, 3.63) is 70.1 Å². The summed E-state index contributed by atoms with van der Waals surface area (Å²) in [6.07, 6.45) is 2.16. The zero-order chi connectivity index (χ0) is 23.6. The highest BCUT2D eigenvalue weighted by atomic mass is 16.5. The molecule has 0 aliphatic rings. The highest BCUT2D eigenvalue weighted by Gasteiger charge is 2.13. The van der Waals surface area contributed by atoms with E-state index in [9.17, 15) is 9.59 Å². The van der Waals surface area contributed by atoms with Gasteiger partial charge in [0.05, 0.1) is 13.2 Å². The number of H-pyrrole nitrogens is 1. The number of carbonyl (C=O) groups is 1. The molecule has 0 spiro atoms. The molecule has 0 radical (unpaired) electrons. The first-order valence-electron chi connectivity index (χ1n) is 11.1. The summed E-state index contributed by atoms with van der Waals surface area (Å²) in [4.78, 5) is 27.3. The average molecular weight is 451 g/mol. The summed E-state index contributed by atoms with van der Waals surface area (Å²) < 4.78 is 11.1. The molecule has 0 saturated heterocycles. The maximum absolute atomic E-state index is 12.5. The van der Waals surface area contributed by atoms with Crippen LogP contribution in [-0.4, -0.2) is 40.8 Å². The number of nitrogens with zero attached hydrogens (tertiary/aromatic N) is 2. The van der Waals surface area contributed by atoms with E-state index in [-0.39, 0.29) is 36.1 Å². The molecule has 1 aromatic heterocycles. The minimum absolute atomic E-state index is 0.00435. The number of methoxy groups -OCH3 is 1. The molecule has 8 heteroatoms. The van der Waals surface area contributed by atoms with Crippen molar-refractivity contribution in [2.75, 3.05) is 13.7 Å². The molecule has 8 nitrogen and oxygen atoms in total. The molecule has 0 bridgehead atoms. The first-order valence-corrected chi connectivity index (χ1v) is 11.1. The molecule has 0 aliphatic carbocycles. The summed E-state index contributed by atoms with van der Waals surface area (Å²) in [5.41, 5.74) is 1.76. The second-order valence-electron chi connectivity index (χ2n) is 7.92. The molecule has 0 saturated carbocycles. The predicted octanol–water partition coefficient (Wildman–Crippen LogP) is 3.31. The van der Waals surface area contributed by atoms with Crippen LogP contribution in [-0.2, 0) is 17.6 Å². The van der Waals surface area contributed by atoms with Gasteiger partial charge in [0.1, 0.15) is 5.69 Å². The molecule has 2 N–H and O–H groups in total. The van der Waals surface area contributed by atoms with Crippen LogP contribution < -0.4 is 20.3 Å². The molecule has 0 aliphatic heterocycles. The number of hydrogen-bond donors (Lipinski definition) is 2. The Morgan fingerprint density at radius 2 is 1.85 bits per heavy atom. The quantitative estimate of drug-likeness (QED) is 0.434. The van der Waals surface area contributed by atoms with Crippen LogP contribution in [0.3, 0.4) is 0 Å². The average Bonchev–Trinajstić information content (AvgIpc) is 2.81. The molecule has 33 heavy (non-hydrogen) atoms. The maximum atomic E-state index is 12.5. The third kappa shape index (κ3) is 7.17. The van der Waals surface area contributed by atoms with E-state index in [2.05, 4.69) is 32.6 Å². The van der Waals surface area contributed by atoms with Crippen molar-refractivity contribution in [2.45, 2.75) is 45.6 Å². The van der Waals surface area contributed by atoms with Gasteiger partial charge < -0.3 is 19.8 Å². The van der Waals surface area contributed by atoms with Crippen LogP contribution in [0.1, 0.15) is 37.9 Å². The second kappa shape index (κ2) is 11.8. The number of hydrogen-bond acceptors (Lipinski definition) is 6. The Morgan fingerprint density at radius 1 is 1.06 bits per heavy atom. The van der Waals surface area contributed by atoms with Crippen LogP contribution in [0.2, 0.25) is 0 Å². The minimum Gasteiger partial charge on any atom is -0.493 e. The summed E-state index contributed by atoms with van der Waals surface area (Å²) >= 11 is 0. The molecular formula is C25H30N4O4. The lowest BCUT2D eigenvalue weighted by Crippen LogP contribution is -2.26. The summed E-state index contributed by atoms with van der Waals surface area (Å²) in [6.45, 7) is 4.45. The van der Waals surface area contributed by atoms with E-state index in [1.54, 1.807) is 25.3 Å². The monoisotopic (exact) mass is 450 g/mol. The van der Waals surface area contributed by atoms with Crippen molar-refractivity contribution in [3.63, 3.8) is 0 Å². The fourth-order valence-electron chi connectivity index (χ4n) is 3.31. The Kier molecular flexibility index (Phi) is 8.57. The normalized spacial score (nSPS) is 10.8. The van der Waals surface area contributed by atoms with Crippen LogP contribution in [0.5, 0.6) is 11.5 Å². The molecule has 3 rings (SSSR count). The molecule has 3 aromatic rings. The van der Waals surface area contributed by atoms with Crippen LogP contribution in [0, 0.1) is 0 Å². The first-order chi connectivity index (χ1) is 16.0. The van der Waals surface area contributed by atoms with E-state index in [1.165, 1.54) is 5.56 Å². The van der Waals surface area contributed by atoms with Crippen LogP contribution in [0.4, 0.5) is 0 Å². The lowest BCUT2D eigenvalue weighted by molar-refractivity contribution is -0.121. The largest absolute Gasteiger partial charge is 0.493 e. The Balaban J connectivity index is 1.53. The number of benzene rings is 2. The van der Waals surface area contributed by atoms with Crippen molar-refractivity contribution < 1.29 is 14.3 Å². The first kappa shape index (κ1) is 24.0. The SMILES string of the molecule is COc1cc(-c2nnc(CCC(=O)NCCCc3ccccc3)c(=O)[nH]2)ccc1OC(C)C. The molecule has 1 amide bonds. The lowest BCUT2D eigenvalue weighted by Gasteiger charge is -2.14. The number of amides is 1. The lowest BCUT2D eigenvalue weighted by atomic mass is 10.1. The smallest absolute Gasteiger partial charge is 0.273 e. The maximum Gasteiger partial charge on any atom is 0.273 e. The molecule has 1 heterocycles. The summed E-state index contributed by atoms with van der Waals surface area (Å²) in [5, 5.41) is 11.1. The molecule has 2 aromatic carbocycles. The Morgan fingerprint density at radius 3 is 2.55 bits per heavy atom. The second-order valence-corrected chi connectivity index (χ2v) is 7.92. The van der Waals surface area contributed by atoms with Gasteiger partial charge in [0.25, 0.3) is 5.56 Å².